The maximum absolute atomic E-state index is 13.0. The van der Waals surface area contributed by atoms with Gasteiger partial charge in [0, 0.05) is 11.6 Å². The monoisotopic (exact) mass is 264 g/mol. The molecule has 1 aromatic carbocycles. The summed E-state index contributed by atoms with van der Waals surface area (Å²) >= 11 is 0. The molecular weight excluding hydrogens is 254 g/mol. The van der Waals surface area contributed by atoms with E-state index in [1.54, 1.807) is 6.92 Å². The molecule has 0 saturated heterocycles. The zero-order valence-corrected chi connectivity index (χ0v) is 10.1. The number of aromatic nitrogens is 2. The van der Waals surface area contributed by atoms with Crippen molar-refractivity contribution in [1.29, 1.82) is 0 Å². The smallest absolute Gasteiger partial charge is 0.267 e. The lowest BCUT2D eigenvalue weighted by atomic mass is 10.1. The Hall–Kier alpha value is -2.37. The highest BCUT2D eigenvalue weighted by Crippen LogP contribution is 2.09. The summed E-state index contributed by atoms with van der Waals surface area (Å²) in [5, 5.41) is 3.89. The lowest BCUT2D eigenvalue weighted by Crippen LogP contribution is -2.26. The molecule has 0 atom stereocenters. The van der Waals surface area contributed by atoms with Crippen molar-refractivity contribution < 1.29 is 13.6 Å². The Balaban J connectivity index is 2.28. The number of rotatable bonds is 3. The first-order valence-electron chi connectivity index (χ1n) is 5.50. The second-order valence-corrected chi connectivity index (χ2v) is 4.02. The van der Waals surface area contributed by atoms with Crippen molar-refractivity contribution in [2.24, 2.45) is 0 Å². The molecule has 0 bridgehead atoms. The summed E-state index contributed by atoms with van der Waals surface area (Å²) < 4.78 is 26.7. The molecule has 98 valence electrons. The van der Waals surface area contributed by atoms with Crippen LogP contribution in [0.1, 0.15) is 16.1 Å². The van der Waals surface area contributed by atoms with E-state index in [2.05, 4.69) is 5.10 Å². The van der Waals surface area contributed by atoms with Crippen molar-refractivity contribution in [1.82, 2.24) is 9.78 Å². The zero-order valence-electron chi connectivity index (χ0n) is 10.1. The Kier molecular flexibility index (Phi) is 3.50. The van der Waals surface area contributed by atoms with Gasteiger partial charge in [-0.3, -0.25) is 9.59 Å². The summed E-state index contributed by atoms with van der Waals surface area (Å²) in [5.41, 5.74) is 0.147. The molecule has 0 N–H and O–H groups in total. The molecule has 6 heteroatoms. The maximum atomic E-state index is 13.0. The molecule has 0 fully saturated rings. The number of hydrogen-bond acceptors (Lipinski definition) is 3. The molecule has 19 heavy (non-hydrogen) atoms. The highest BCUT2D eigenvalue weighted by Gasteiger charge is 2.11. The van der Waals surface area contributed by atoms with Gasteiger partial charge in [-0.25, -0.2) is 13.5 Å². The van der Waals surface area contributed by atoms with E-state index in [4.69, 9.17) is 0 Å². The predicted octanol–water partition coefficient (Wildman–Crippen LogP) is 1.71. The van der Waals surface area contributed by atoms with Gasteiger partial charge in [0.05, 0.1) is 5.69 Å². The Morgan fingerprint density at radius 3 is 2.63 bits per heavy atom. The van der Waals surface area contributed by atoms with Crippen LogP contribution in [-0.2, 0) is 6.54 Å². The standard InChI is InChI=1S/C13H10F2N2O2/c1-8-2-5-13(19)17(16-8)7-12(18)9-3-4-10(14)11(15)6-9/h2-6H,7H2,1H3. The van der Waals surface area contributed by atoms with Gasteiger partial charge in [0.25, 0.3) is 5.56 Å². The number of benzene rings is 1. The van der Waals surface area contributed by atoms with Crippen LogP contribution in [0, 0.1) is 18.6 Å². The minimum absolute atomic E-state index is 0.00546. The number of ketones is 1. The molecule has 0 unspecified atom stereocenters. The summed E-state index contributed by atoms with van der Waals surface area (Å²) in [4.78, 5) is 23.3. The maximum Gasteiger partial charge on any atom is 0.267 e. The summed E-state index contributed by atoms with van der Waals surface area (Å²) in [6, 6.07) is 5.66. The fraction of sp³-hybridized carbons (Fsp3) is 0.154. The van der Waals surface area contributed by atoms with E-state index in [1.165, 1.54) is 18.2 Å². The molecule has 0 radical (unpaired) electrons. The molecular formula is C13H10F2N2O2. The van der Waals surface area contributed by atoms with Gasteiger partial charge in [0.2, 0.25) is 0 Å². The molecule has 4 nitrogen and oxygen atoms in total. The van der Waals surface area contributed by atoms with Crippen molar-refractivity contribution in [3.63, 3.8) is 0 Å². The molecule has 1 aromatic heterocycles. The minimum Gasteiger partial charge on any atom is -0.292 e. The second kappa shape index (κ2) is 5.09. The van der Waals surface area contributed by atoms with Crippen LogP contribution in [0.15, 0.2) is 35.1 Å². The number of Topliss-reactive ketones (excluding diaryl/α,β-unsaturated/α-hetero) is 1. The average Bonchev–Trinajstić information content (AvgIpc) is 2.37. The number of carbonyl (C=O) groups excluding carboxylic acids is 1. The lowest BCUT2D eigenvalue weighted by molar-refractivity contribution is 0.0965. The third-order valence-electron chi connectivity index (χ3n) is 2.53. The van der Waals surface area contributed by atoms with Crippen molar-refractivity contribution >= 4 is 5.78 Å². The van der Waals surface area contributed by atoms with Gasteiger partial charge in [-0.15, -0.1) is 0 Å². The summed E-state index contributed by atoms with van der Waals surface area (Å²) in [5.74, 6) is -2.64. The molecule has 2 rings (SSSR count). The van der Waals surface area contributed by atoms with Crippen LogP contribution in [0.5, 0.6) is 0 Å². The number of halogens is 2. The normalized spacial score (nSPS) is 10.5. The topological polar surface area (TPSA) is 52.0 Å². The van der Waals surface area contributed by atoms with Crippen molar-refractivity contribution in [3.05, 3.63) is 63.6 Å². The third kappa shape index (κ3) is 2.90. The molecule has 1 heterocycles. The van der Waals surface area contributed by atoms with Crippen LogP contribution < -0.4 is 5.56 Å². The lowest BCUT2D eigenvalue weighted by Gasteiger charge is -2.05. The Labute approximate surface area is 107 Å². The van der Waals surface area contributed by atoms with E-state index >= 15 is 0 Å². The Morgan fingerprint density at radius 1 is 1.21 bits per heavy atom. The van der Waals surface area contributed by atoms with Crippen LogP contribution in [0.25, 0.3) is 0 Å². The SMILES string of the molecule is Cc1ccc(=O)n(CC(=O)c2ccc(F)c(F)c2)n1. The Morgan fingerprint density at radius 2 is 1.95 bits per heavy atom. The van der Waals surface area contributed by atoms with Crippen LogP contribution in [0.4, 0.5) is 8.78 Å². The average molecular weight is 264 g/mol. The quantitative estimate of drug-likeness (QED) is 0.793. The van der Waals surface area contributed by atoms with E-state index in [0.717, 1.165) is 16.8 Å². The van der Waals surface area contributed by atoms with Crippen LogP contribution in [-0.4, -0.2) is 15.6 Å². The zero-order chi connectivity index (χ0) is 14.0. The van der Waals surface area contributed by atoms with E-state index in [0.29, 0.717) is 5.69 Å². The summed E-state index contributed by atoms with van der Waals surface area (Å²) in [7, 11) is 0. The predicted molar refractivity (Wildman–Crippen MR) is 63.9 cm³/mol. The highest BCUT2D eigenvalue weighted by molar-refractivity contribution is 5.95. The van der Waals surface area contributed by atoms with E-state index in [1.807, 2.05) is 0 Å². The van der Waals surface area contributed by atoms with Gasteiger partial charge in [0.15, 0.2) is 17.4 Å². The van der Waals surface area contributed by atoms with Gasteiger partial charge in [0.1, 0.15) is 6.54 Å². The van der Waals surface area contributed by atoms with Gasteiger partial charge < -0.3 is 0 Å². The number of nitrogens with zero attached hydrogens (tertiary/aromatic N) is 2. The first-order chi connectivity index (χ1) is 8.97. The highest BCUT2D eigenvalue weighted by atomic mass is 19.2. The van der Waals surface area contributed by atoms with Crippen LogP contribution in [0.2, 0.25) is 0 Å². The van der Waals surface area contributed by atoms with Gasteiger partial charge in [-0.05, 0) is 31.2 Å². The van der Waals surface area contributed by atoms with Crippen molar-refractivity contribution in [2.75, 3.05) is 0 Å². The van der Waals surface area contributed by atoms with E-state index in [-0.39, 0.29) is 12.1 Å². The van der Waals surface area contributed by atoms with Gasteiger partial charge in [-0.1, -0.05) is 0 Å². The Bertz CT molecular complexity index is 695. The van der Waals surface area contributed by atoms with Crippen LogP contribution in [0.3, 0.4) is 0 Å². The summed E-state index contributed by atoms with van der Waals surface area (Å²) in [6.45, 7) is 1.36. The first kappa shape index (κ1) is 13.1. The molecule has 0 amide bonds. The third-order valence-corrected chi connectivity index (χ3v) is 2.53. The van der Waals surface area contributed by atoms with Crippen molar-refractivity contribution in [2.45, 2.75) is 13.5 Å². The van der Waals surface area contributed by atoms with Gasteiger partial charge >= 0.3 is 0 Å². The largest absolute Gasteiger partial charge is 0.292 e. The number of aryl methyl sites for hydroxylation is 1. The molecule has 0 saturated carbocycles. The molecule has 0 aliphatic heterocycles. The minimum atomic E-state index is -1.10. The van der Waals surface area contributed by atoms with E-state index < -0.39 is 23.0 Å². The number of carbonyl (C=O) groups is 1. The summed E-state index contributed by atoms with van der Waals surface area (Å²) in [6.07, 6.45) is 0. The molecule has 0 spiro atoms. The van der Waals surface area contributed by atoms with Crippen molar-refractivity contribution in [3.8, 4) is 0 Å². The second-order valence-electron chi connectivity index (χ2n) is 4.02. The fourth-order valence-corrected chi connectivity index (χ4v) is 1.56. The molecule has 2 aromatic rings. The first-order valence-corrected chi connectivity index (χ1v) is 5.50. The molecule has 0 aliphatic carbocycles. The van der Waals surface area contributed by atoms with E-state index in [9.17, 15) is 18.4 Å². The van der Waals surface area contributed by atoms with Gasteiger partial charge in [-0.2, -0.15) is 5.10 Å². The molecule has 0 aliphatic rings. The number of hydrogen-bond donors (Lipinski definition) is 0. The van der Waals surface area contributed by atoms with Crippen LogP contribution >= 0.6 is 0 Å². The fourth-order valence-electron chi connectivity index (χ4n) is 1.56.